The van der Waals surface area contributed by atoms with Gasteiger partial charge in [-0.3, -0.25) is 9.59 Å². The van der Waals surface area contributed by atoms with Gasteiger partial charge in [-0.05, 0) is 37.3 Å². The molecule has 0 bridgehead atoms. The van der Waals surface area contributed by atoms with Gasteiger partial charge in [-0.15, -0.1) is 0 Å². The highest BCUT2D eigenvalue weighted by Gasteiger charge is 2.16. The fraction of sp³-hybridized carbons (Fsp3) is 0.263. The number of hydrogen-bond donors (Lipinski definition) is 2. The number of carbonyl (C=O) groups is 2. The molecule has 2 aromatic carbocycles. The molecule has 2 aromatic rings. The zero-order valence-electron chi connectivity index (χ0n) is 14.8. The first-order chi connectivity index (χ1) is 12.5. The molecule has 0 aliphatic carbocycles. The van der Waals surface area contributed by atoms with E-state index in [1.54, 1.807) is 56.7 Å². The summed E-state index contributed by atoms with van der Waals surface area (Å²) in [7, 11) is 3.13. The van der Waals surface area contributed by atoms with Gasteiger partial charge in [0.05, 0.1) is 37.4 Å². The van der Waals surface area contributed by atoms with Gasteiger partial charge in [0.25, 0.3) is 5.91 Å². The molecule has 6 nitrogen and oxygen atoms in total. The van der Waals surface area contributed by atoms with Crippen LogP contribution in [0.25, 0.3) is 0 Å². The Balaban J connectivity index is 1.97. The van der Waals surface area contributed by atoms with Crippen LogP contribution in [0.2, 0.25) is 5.02 Å². The number of ether oxygens (including phenoxy) is 2. The summed E-state index contributed by atoms with van der Waals surface area (Å²) in [5.41, 5.74) is 1.10. The predicted octanol–water partition coefficient (Wildman–Crippen LogP) is 2.96. The lowest BCUT2D eigenvalue weighted by Gasteiger charge is -2.18. The van der Waals surface area contributed by atoms with E-state index in [4.69, 9.17) is 21.1 Å². The normalized spacial score (nSPS) is 11.4. The molecule has 138 valence electrons. The van der Waals surface area contributed by atoms with Gasteiger partial charge in [-0.2, -0.15) is 0 Å². The minimum absolute atomic E-state index is 0.166. The van der Waals surface area contributed by atoms with E-state index < -0.39 is 5.91 Å². The number of amides is 2. The standard InChI is InChI=1S/C19H21ClN2O4/c1-12(15-10-13(25-2)8-9-17(15)26-3)22-18(23)11-21-19(24)14-6-4-5-7-16(14)20/h4-10,12H,11H2,1-3H3,(H,21,24)(H,22,23)/t12-/m1/s1. The highest BCUT2D eigenvalue weighted by Crippen LogP contribution is 2.29. The summed E-state index contributed by atoms with van der Waals surface area (Å²) < 4.78 is 10.5. The Morgan fingerprint density at radius 3 is 2.50 bits per heavy atom. The van der Waals surface area contributed by atoms with Gasteiger partial charge in [0.1, 0.15) is 11.5 Å². The van der Waals surface area contributed by atoms with Crippen LogP contribution < -0.4 is 20.1 Å². The van der Waals surface area contributed by atoms with Crippen LogP contribution in [0, 0.1) is 0 Å². The number of nitrogens with one attached hydrogen (secondary N) is 2. The molecule has 0 radical (unpaired) electrons. The number of benzene rings is 2. The van der Waals surface area contributed by atoms with E-state index in [0.29, 0.717) is 22.1 Å². The summed E-state index contributed by atoms with van der Waals surface area (Å²) in [6.07, 6.45) is 0. The van der Waals surface area contributed by atoms with Crippen LogP contribution in [0.3, 0.4) is 0 Å². The number of halogens is 1. The maximum Gasteiger partial charge on any atom is 0.253 e. The third-order valence-corrected chi connectivity index (χ3v) is 4.14. The predicted molar refractivity (Wildman–Crippen MR) is 99.9 cm³/mol. The van der Waals surface area contributed by atoms with Crippen molar-refractivity contribution in [2.75, 3.05) is 20.8 Å². The highest BCUT2D eigenvalue weighted by atomic mass is 35.5. The van der Waals surface area contributed by atoms with Crippen LogP contribution >= 0.6 is 11.6 Å². The minimum atomic E-state index is -0.405. The van der Waals surface area contributed by atoms with Gasteiger partial charge in [0, 0.05) is 5.56 Å². The van der Waals surface area contributed by atoms with Crippen molar-refractivity contribution in [3.63, 3.8) is 0 Å². The molecule has 0 saturated carbocycles. The SMILES string of the molecule is COc1ccc(OC)c([C@@H](C)NC(=O)CNC(=O)c2ccccc2Cl)c1. The fourth-order valence-electron chi connectivity index (χ4n) is 2.45. The Morgan fingerprint density at radius 2 is 1.85 bits per heavy atom. The van der Waals surface area contributed by atoms with E-state index in [1.807, 2.05) is 6.92 Å². The molecule has 2 rings (SSSR count). The molecule has 0 unspecified atom stereocenters. The van der Waals surface area contributed by atoms with E-state index in [2.05, 4.69) is 10.6 Å². The van der Waals surface area contributed by atoms with Crippen LogP contribution in [0.5, 0.6) is 11.5 Å². The quantitative estimate of drug-likeness (QED) is 0.778. The molecule has 0 aliphatic heterocycles. The zero-order valence-corrected chi connectivity index (χ0v) is 15.6. The topological polar surface area (TPSA) is 76.7 Å². The molecule has 0 fully saturated rings. The first-order valence-electron chi connectivity index (χ1n) is 8.00. The van der Waals surface area contributed by atoms with E-state index in [1.165, 1.54) is 0 Å². The summed E-state index contributed by atoms with van der Waals surface area (Å²) in [5.74, 6) is 0.563. The molecule has 2 amide bonds. The van der Waals surface area contributed by atoms with Crippen LogP contribution in [-0.2, 0) is 4.79 Å². The van der Waals surface area contributed by atoms with Crippen molar-refractivity contribution < 1.29 is 19.1 Å². The third-order valence-electron chi connectivity index (χ3n) is 3.81. The average molecular weight is 377 g/mol. The minimum Gasteiger partial charge on any atom is -0.497 e. The Bertz CT molecular complexity index is 795. The second kappa shape index (κ2) is 9.10. The Morgan fingerprint density at radius 1 is 1.12 bits per heavy atom. The smallest absolute Gasteiger partial charge is 0.253 e. The van der Waals surface area contributed by atoms with Gasteiger partial charge in [0.2, 0.25) is 5.91 Å². The lowest BCUT2D eigenvalue weighted by atomic mass is 10.1. The first kappa shape index (κ1) is 19.6. The summed E-state index contributed by atoms with van der Waals surface area (Å²) in [5, 5.41) is 5.71. The molecular formula is C19H21ClN2O4. The highest BCUT2D eigenvalue weighted by molar-refractivity contribution is 6.33. The van der Waals surface area contributed by atoms with Crippen LogP contribution in [-0.4, -0.2) is 32.6 Å². The molecule has 7 heteroatoms. The first-order valence-corrected chi connectivity index (χ1v) is 8.38. The van der Waals surface area contributed by atoms with Crippen molar-refractivity contribution in [2.45, 2.75) is 13.0 Å². The van der Waals surface area contributed by atoms with Crippen molar-refractivity contribution in [3.8, 4) is 11.5 Å². The van der Waals surface area contributed by atoms with Crippen LogP contribution in [0.4, 0.5) is 0 Å². The van der Waals surface area contributed by atoms with E-state index >= 15 is 0 Å². The molecule has 0 heterocycles. The van der Waals surface area contributed by atoms with E-state index in [9.17, 15) is 9.59 Å². The largest absolute Gasteiger partial charge is 0.497 e. The molecule has 1 atom stereocenters. The second-order valence-electron chi connectivity index (χ2n) is 5.56. The van der Waals surface area contributed by atoms with Crippen molar-refractivity contribution >= 4 is 23.4 Å². The summed E-state index contributed by atoms with van der Waals surface area (Å²) in [4.78, 5) is 24.3. The van der Waals surface area contributed by atoms with Gasteiger partial charge in [-0.1, -0.05) is 23.7 Å². The lowest BCUT2D eigenvalue weighted by Crippen LogP contribution is -2.38. The molecule has 0 aliphatic rings. The lowest BCUT2D eigenvalue weighted by molar-refractivity contribution is -0.120. The van der Waals surface area contributed by atoms with E-state index in [-0.39, 0.29) is 18.5 Å². The molecular weight excluding hydrogens is 356 g/mol. The monoisotopic (exact) mass is 376 g/mol. The molecule has 0 spiro atoms. The van der Waals surface area contributed by atoms with E-state index in [0.717, 1.165) is 5.56 Å². The van der Waals surface area contributed by atoms with Crippen molar-refractivity contribution in [3.05, 3.63) is 58.6 Å². The number of rotatable bonds is 7. The van der Waals surface area contributed by atoms with Crippen molar-refractivity contribution in [2.24, 2.45) is 0 Å². The molecule has 0 aromatic heterocycles. The van der Waals surface area contributed by atoms with Crippen LogP contribution in [0.15, 0.2) is 42.5 Å². The molecule has 0 saturated heterocycles. The zero-order chi connectivity index (χ0) is 19.1. The summed E-state index contributed by atoms with van der Waals surface area (Å²) >= 11 is 5.97. The number of methoxy groups -OCH3 is 2. The Hall–Kier alpha value is -2.73. The molecule has 2 N–H and O–H groups in total. The average Bonchev–Trinajstić information content (AvgIpc) is 2.65. The maximum absolute atomic E-state index is 12.2. The summed E-state index contributed by atoms with van der Waals surface area (Å²) in [6.45, 7) is 1.66. The van der Waals surface area contributed by atoms with Crippen molar-refractivity contribution in [1.29, 1.82) is 0 Å². The maximum atomic E-state index is 12.2. The van der Waals surface area contributed by atoms with Crippen molar-refractivity contribution in [1.82, 2.24) is 10.6 Å². The summed E-state index contributed by atoms with van der Waals surface area (Å²) in [6, 6.07) is 11.7. The molecule has 26 heavy (non-hydrogen) atoms. The van der Waals surface area contributed by atoms with Gasteiger partial charge >= 0.3 is 0 Å². The fourth-order valence-corrected chi connectivity index (χ4v) is 2.67. The van der Waals surface area contributed by atoms with Crippen LogP contribution in [0.1, 0.15) is 28.9 Å². The number of carbonyl (C=O) groups excluding carboxylic acids is 2. The third kappa shape index (κ3) is 4.89. The second-order valence-corrected chi connectivity index (χ2v) is 5.97. The Labute approximate surface area is 157 Å². The number of hydrogen-bond acceptors (Lipinski definition) is 4. The van der Waals surface area contributed by atoms with Gasteiger partial charge in [-0.25, -0.2) is 0 Å². The van der Waals surface area contributed by atoms with Gasteiger partial charge < -0.3 is 20.1 Å². The van der Waals surface area contributed by atoms with Gasteiger partial charge in [0.15, 0.2) is 0 Å². The Kier molecular flexibility index (Phi) is 6.86.